The highest BCUT2D eigenvalue weighted by atomic mass is 19.3. The molecule has 1 N–H and O–H groups in total. The second-order valence-electron chi connectivity index (χ2n) is 5.19. The maximum atomic E-state index is 13.8. The highest BCUT2D eigenvalue weighted by Gasteiger charge is 2.18. The maximum Gasteiger partial charge on any atom is 0.387 e. The van der Waals surface area contributed by atoms with Gasteiger partial charge in [-0.05, 0) is 43.7 Å². The number of halogens is 4. The van der Waals surface area contributed by atoms with Gasteiger partial charge in [-0.3, -0.25) is 0 Å². The van der Waals surface area contributed by atoms with Gasteiger partial charge in [0.1, 0.15) is 17.4 Å². The lowest BCUT2D eigenvalue weighted by molar-refractivity contribution is -0.0498. The molecule has 0 spiro atoms. The molecule has 23 heavy (non-hydrogen) atoms. The zero-order chi connectivity index (χ0) is 17.0. The molecule has 0 saturated heterocycles. The smallest absolute Gasteiger partial charge is 0.387 e. The van der Waals surface area contributed by atoms with Crippen molar-refractivity contribution in [2.24, 2.45) is 0 Å². The molecule has 0 heterocycles. The van der Waals surface area contributed by atoms with Crippen molar-refractivity contribution in [2.75, 3.05) is 0 Å². The van der Waals surface area contributed by atoms with E-state index < -0.39 is 24.3 Å². The van der Waals surface area contributed by atoms with Crippen LogP contribution in [0.5, 0.6) is 5.75 Å². The van der Waals surface area contributed by atoms with Crippen LogP contribution in [0.2, 0.25) is 0 Å². The lowest BCUT2D eigenvalue weighted by Crippen LogP contribution is -2.24. The van der Waals surface area contributed by atoms with Crippen molar-refractivity contribution in [3.63, 3.8) is 0 Å². The molecule has 2 nitrogen and oxygen atoms in total. The van der Waals surface area contributed by atoms with Gasteiger partial charge < -0.3 is 10.1 Å². The Morgan fingerprint density at radius 2 is 1.43 bits per heavy atom. The summed E-state index contributed by atoms with van der Waals surface area (Å²) in [7, 11) is 0. The molecule has 2 rings (SSSR count). The average molecular weight is 327 g/mol. The van der Waals surface area contributed by atoms with Crippen LogP contribution in [0.4, 0.5) is 17.6 Å². The van der Waals surface area contributed by atoms with E-state index in [0.717, 1.165) is 5.56 Å². The van der Waals surface area contributed by atoms with Crippen molar-refractivity contribution in [2.45, 2.75) is 32.5 Å². The van der Waals surface area contributed by atoms with E-state index in [-0.39, 0.29) is 17.4 Å². The highest BCUT2D eigenvalue weighted by Crippen LogP contribution is 2.25. The fourth-order valence-electron chi connectivity index (χ4n) is 2.42. The molecule has 0 aliphatic carbocycles. The van der Waals surface area contributed by atoms with Crippen molar-refractivity contribution >= 4 is 0 Å². The number of rotatable bonds is 6. The summed E-state index contributed by atoms with van der Waals surface area (Å²) >= 11 is 0. The maximum absolute atomic E-state index is 13.8. The first kappa shape index (κ1) is 17.3. The zero-order valence-corrected chi connectivity index (χ0v) is 12.7. The molecular weight excluding hydrogens is 310 g/mol. The third kappa shape index (κ3) is 4.45. The summed E-state index contributed by atoms with van der Waals surface area (Å²) in [5, 5.41) is 3.09. The number of hydrogen-bond acceptors (Lipinski definition) is 2. The van der Waals surface area contributed by atoms with Crippen molar-refractivity contribution < 1.29 is 22.3 Å². The van der Waals surface area contributed by atoms with Crippen LogP contribution in [0.3, 0.4) is 0 Å². The minimum absolute atomic E-state index is 0.0306. The van der Waals surface area contributed by atoms with Crippen LogP contribution in [-0.2, 0) is 0 Å². The summed E-state index contributed by atoms with van der Waals surface area (Å²) in [6, 6.07) is 9.04. The Bertz CT molecular complexity index is 625. The molecule has 0 aliphatic rings. The molecule has 6 heteroatoms. The summed E-state index contributed by atoms with van der Waals surface area (Å²) in [5.41, 5.74) is 0.757. The predicted octanol–water partition coefficient (Wildman–Crippen LogP) is 4.98. The lowest BCUT2D eigenvalue weighted by Gasteiger charge is -2.21. The molecule has 0 amide bonds. The van der Waals surface area contributed by atoms with Gasteiger partial charge in [0.05, 0.1) is 0 Å². The van der Waals surface area contributed by atoms with Crippen molar-refractivity contribution in [3.05, 3.63) is 65.2 Å². The van der Waals surface area contributed by atoms with E-state index in [1.54, 1.807) is 19.1 Å². The van der Waals surface area contributed by atoms with E-state index in [1.165, 1.54) is 30.3 Å². The van der Waals surface area contributed by atoms with Gasteiger partial charge in [-0.1, -0.05) is 18.2 Å². The minimum Gasteiger partial charge on any atom is -0.435 e. The van der Waals surface area contributed by atoms with E-state index in [1.807, 2.05) is 6.92 Å². The van der Waals surface area contributed by atoms with Crippen LogP contribution in [0.15, 0.2) is 42.5 Å². The van der Waals surface area contributed by atoms with E-state index in [2.05, 4.69) is 10.1 Å². The van der Waals surface area contributed by atoms with Crippen LogP contribution >= 0.6 is 0 Å². The Hall–Kier alpha value is -2.08. The van der Waals surface area contributed by atoms with Crippen LogP contribution in [0.1, 0.15) is 37.1 Å². The highest BCUT2D eigenvalue weighted by molar-refractivity contribution is 5.29. The molecule has 2 aromatic rings. The molecule has 2 aromatic carbocycles. The molecular formula is C17H17F4NO. The normalized spacial score (nSPS) is 13.9. The second kappa shape index (κ2) is 7.46. The quantitative estimate of drug-likeness (QED) is 0.756. The first-order valence-electron chi connectivity index (χ1n) is 7.13. The SMILES string of the molecule is CC(NC(C)c1c(F)cccc1F)c1ccc(OC(F)F)cc1. The molecule has 0 bridgehead atoms. The van der Waals surface area contributed by atoms with E-state index >= 15 is 0 Å². The Morgan fingerprint density at radius 1 is 0.870 bits per heavy atom. The van der Waals surface area contributed by atoms with E-state index in [4.69, 9.17) is 0 Å². The molecule has 0 saturated carbocycles. The Morgan fingerprint density at radius 3 is 1.96 bits per heavy atom. The van der Waals surface area contributed by atoms with Crippen molar-refractivity contribution in [3.8, 4) is 5.75 Å². The lowest BCUT2D eigenvalue weighted by atomic mass is 10.0. The Labute approximate surface area is 132 Å². The Kier molecular flexibility index (Phi) is 5.60. The number of hydrogen-bond donors (Lipinski definition) is 1. The first-order valence-corrected chi connectivity index (χ1v) is 7.13. The third-order valence-electron chi connectivity index (χ3n) is 3.54. The van der Waals surface area contributed by atoms with Crippen LogP contribution in [-0.4, -0.2) is 6.61 Å². The molecule has 0 aliphatic heterocycles. The second-order valence-corrected chi connectivity index (χ2v) is 5.19. The van der Waals surface area contributed by atoms with Crippen LogP contribution in [0, 0.1) is 11.6 Å². The van der Waals surface area contributed by atoms with Crippen LogP contribution in [0.25, 0.3) is 0 Å². The van der Waals surface area contributed by atoms with Gasteiger partial charge in [-0.25, -0.2) is 8.78 Å². The minimum atomic E-state index is -2.87. The topological polar surface area (TPSA) is 21.3 Å². The molecule has 0 radical (unpaired) electrons. The van der Waals surface area contributed by atoms with Crippen molar-refractivity contribution in [1.82, 2.24) is 5.32 Å². The van der Waals surface area contributed by atoms with E-state index in [0.29, 0.717) is 0 Å². The van der Waals surface area contributed by atoms with Crippen molar-refractivity contribution in [1.29, 1.82) is 0 Å². The van der Waals surface area contributed by atoms with Gasteiger partial charge in [0.2, 0.25) is 0 Å². The number of benzene rings is 2. The number of alkyl halides is 2. The summed E-state index contributed by atoms with van der Waals surface area (Å²) in [5.74, 6) is -1.17. The Balaban J connectivity index is 2.07. The number of nitrogens with one attached hydrogen (secondary N) is 1. The summed E-state index contributed by atoms with van der Waals surface area (Å²) in [4.78, 5) is 0. The largest absolute Gasteiger partial charge is 0.435 e. The fraction of sp³-hybridized carbons (Fsp3) is 0.294. The number of ether oxygens (including phenoxy) is 1. The molecule has 124 valence electrons. The summed E-state index contributed by atoms with van der Waals surface area (Å²) < 4.78 is 56.0. The fourth-order valence-corrected chi connectivity index (χ4v) is 2.42. The van der Waals surface area contributed by atoms with Gasteiger partial charge in [0, 0.05) is 17.6 Å². The first-order chi connectivity index (χ1) is 10.9. The monoisotopic (exact) mass is 327 g/mol. The zero-order valence-electron chi connectivity index (χ0n) is 12.7. The van der Waals surface area contributed by atoms with E-state index in [9.17, 15) is 17.6 Å². The molecule has 0 fully saturated rings. The van der Waals surface area contributed by atoms with Gasteiger partial charge >= 0.3 is 6.61 Å². The van der Waals surface area contributed by atoms with Crippen LogP contribution < -0.4 is 10.1 Å². The average Bonchev–Trinajstić information content (AvgIpc) is 2.47. The summed E-state index contributed by atoms with van der Waals surface area (Å²) in [6.07, 6.45) is 0. The standard InChI is InChI=1S/C17H17F4NO/c1-10(12-6-8-13(9-7-12)23-17(20)21)22-11(2)16-14(18)4-3-5-15(16)19/h3-11,17,22H,1-2H3. The molecule has 2 unspecified atom stereocenters. The van der Waals surface area contributed by atoms with Gasteiger partial charge in [-0.15, -0.1) is 0 Å². The molecule has 0 aromatic heterocycles. The molecule has 2 atom stereocenters. The van der Waals surface area contributed by atoms with Gasteiger partial charge in [0.15, 0.2) is 0 Å². The summed E-state index contributed by atoms with van der Waals surface area (Å²) in [6.45, 7) is 0.602. The van der Waals surface area contributed by atoms with Gasteiger partial charge in [-0.2, -0.15) is 8.78 Å². The predicted molar refractivity (Wildman–Crippen MR) is 79.4 cm³/mol. The van der Waals surface area contributed by atoms with Gasteiger partial charge in [0.25, 0.3) is 0 Å². The third-order valence-corrected chi connectivity index (χ3v) is 3.54.